The summed E-state index contributed by atoms with van der Waals surface area (Å²) in [5.41, 5.74) is 1.17. The largest absolute Gasteiger partial charge is 0.405 e. The Morgan fingerprint density at radius 3 is 2.60 bits per heavy atom. The smallest absolute Gasteiger partial charge is 0.354 e. The first-order chi connectivity index (χ1) is 11.3. The van der Waals surface area contributed by atoms with Crippen LogP contribution in [0, 0.1) is 6.92 Å². The molecule has 1 unspecified atom stereocenters. The number of hydrogen-bond acceptors (Lipinski definition) is 5. The van der Waals surface area contributed by atoms with Gasteiger partial charge in [-0.1, -0.05) is 5.16 Å². The second-order valence-corrected chi connectivity index (χ2v) is 6.01. The second-order valence-electron chi connectivity index (χ2n) is 5.67. The van der Waals surface area contributed by atoms with E-state index < -0.39 is 24.7 Å². The number of nitrogens with zero attached hydrogens (tertiary/aromatic N) is 2. The van der Waals surface area contributed by atoms with Crippen molar-refractivity contribution in [1.29, 1.82) is 0 Å². The van der Waals surface area contributed by atoms with E-state index in [2.05, 4.69) is 15.8 Å². The van der Waals surface area contributed by atoms with Gasteiger partial charge >= 0.3 is 6.18 Å². The molecule has 2 rings (SSSR count). The van der Waals surface area contributed by atoms with Crippen molar-refractivity contribution in [3.63, 3.8) is 0 Å². The van der Waals surface area contributed by atoms with Gasteiger partial charge in [0, 0.05) is 44.7 Å². The van der Waals surface area contributed by atoms with Gasteiger partial charge in [-0.2, -0.15) is 13.2 Å². The molecular formula is C14H21Cl2F3N4O2. The SMILES string of the molecule is Cc1noc(Cl)c1CCC(=O)NCC(N1CCNCC1)C(F)(F)F.Cl. The summed E-state index contributed by atoms with van der Waals surface area (Å²) in [4.78, 5) is 13.2. The standard InChI is InChI=1S/C14H20ClF3N4O2.ClH/c1-9-10(13(15)24-21-9)2-3-12(23)20-8-11(14(16,17)18)22-6-4-19-5-7-22;/h11,19H,2-8H2,1H3,(H,20,23);1H. The van der Waals surface area contributed by atoms with E-state index in [9.17, 15) is 18.0 Å². The lowest BCUT2D eigenvalue weighted by atomic mass is 10.1. The summed E-state index contributed by atoms with van der Waals surface area (Å²) in [6.07, 6.45) is -4.10. The van der Waals surface area contributed by atoms with E-state index in [4.69, 9.17) is 16.1 Å². The van der Waals surface area contributed by atoms with Gasteiger partial charge in [0.15, 0.2) is 0 Å². The Balaban J connectivity index is 0.00000312. The highest BCUT2D eigenvalue weighted by Gasteiger charge is 2.43. The van der Waals surface area contributed by atoms with E-state index in [0.29, 0.717) is 37.4 Å². The molecule has 0 aliphatic carbocycles. The average molecular weight is 405 g/mol. The van der Waals surface area contributed by atoms with Crippen molar-refractivity contribution in [2.75, 3.05) is 32.7 Å². The minimum Gasteiger partial charge on any atom is -0.354 e. The number of amides is 1. The van der Waals surface area contributed by atoms with Crippen LogP contribution >= 0.6 is 24.0 Å². The van der Waals surface area contributed by atoms with E-state index in [1.54, 1.807) is 6.92 Å². The summed E-state index contributed by atoms with van der Waals surface area (Å²) in [7, 11) is 0. The molecule has 1 fully saturated rings. The van der Waals surface area contributed by atoms with Crippen molar-refractivity contribution in [2.45, 2.75) is 32.0 Å². The summed E-state index contributed by atoms with van der Waals surface area (Å²) in [6.45, 7) is 2.84. The topological polar surface area (TPSA) is 70.4 Å². The van der Waals surface area contributed by atoms with E-state index in [0.717, 1.165) is 0 Å². The van der Waals surface area contributed by atoms with Crippen molar-refractivity contribution < 1.29 is 22.5 Å². The lowest BCUT2D eigenvalue weighted by Crippen LogP contribution is -2.57. The molecule has 0 radical (unpaired) electrons. The monoisotopic (exact) mass is 404 g/mol. The average Bonchev–Trinajstić information content (AvgIpc) is 2.84. The third kappa shape index (κ3) is 6.32. The van der Waals surface area contributed by atoms with E-state index in [-0.39, 0.29) is 30.5 Å². The molecule has 25 heavy (non-hydrogen) atoms. The highest BCUT2D eigenvalue weighted by atomic mass is 35.5. The van der Waals surface area contributed by atoms with Crippen LogP contribution in [0.3, 0.4) is 0 Å². The van der Waals surface area contributed by atoms with Crippen LogP contribution in [-0.2, 0) is 11.2 Å². The fourth-order valence-electron chi connectivity index (χ4n) is 2.62. The van der Waals surface area contributed by atoms with Crippen LogP contribution in [0.15, 0.2) is 4.52 Å². The fourth-order valence-corrected chi connectivity index (χ4v) is 2.89. The minimum absolute atomic E-state index is 0. The third-order valence-electron chi connectivity index (χ3n) is 4.00. The Bertz CT molecular complexity index is 543. The van der Waals surface area contributed by atoms with Crippen LogP contribution in [0.1, 0.15) is 17.7 Å². The van der Waals surface area contributed by atoms with Crippen molar-refractivity contribution in [1.82, 2.24) is 20.7 Å². The van der Waals surface area contributed by atoms with Gasteiger partial charge in [0.05, 0.1) is 5.69 Å². The number of rotatable bonds is 6. The molecule has 1 aliphatic heterocycles. The normalized spacial score (nSPS) is 17.0. The van der Waals surface area contributed by atoms with Crippen LogP contribution < -0.4 is 10.6 Å². The molecule has 144 valence electrons. The Labute approximate surface area is 154 Å². The number of hydrogen-bond donors (Lipinski definition) is 2. The first-order valence-electron chi connectivity index (χ1n) is 7.68. The van der Waals surface area contributed by atoms with Gasteiger partial charge in [0.1, 0.15) is 6.04 Å². The molecule has 0 spiro atoms. The molecule has 6 nitrogen and oxygen atoms in total. The molecule has 0 aromatic carbocycles. The van der Waals surface area contributed by atoms with Gasteiger partial charge in [0.25, 0.3) is 0 Å². The predicted molar refractivity (Wildman–Crippen MR) is 89.1 cm³/mol. The third-order valence-corrected chi connectivity index (χ3v) is 4.30. The van der Waals surface area contributed by atoms with Crippen molar-refractivity contribution in [3.8, 4) is 0 Å². The highest BCUT2D eigenvalue weighted by molar-refractivity contribution is 6.29. The Kier molecular flexibility index (Phi) is 8.46. The van der Waals surface area contributed by atoms with E-state index >= 15 is 0 Å². The number of carbonyl (C=O) groups is 1. The van der Waals surface area contributed by atoms with Crippen LogP contribution in [-0.4, -0.2) is 60.9 Å². The summed E-state index contributed by atoms with van der Waals surface area (Å²) in [5.74, 6) is -0.462. The second kappa shape index (κ2) is 9.61. The number of aryl methyl sites for hydroxylation is 1. The van der Waals surface area contributed by atoms with Crippen molar-refractivity contribution in [3.05, 3.63) is 16.5 Å². The Morgan fingerprint density at radius 1 is 1.44 bits per heavy atom. The molecule has 2 N–H and O–H groups in total. The summed E-state index contributed by atoms with van der Waals surface area (Å²) in [6, 6.07) is -1.68. The zero-order valence-electron chi connectivity index (χ0n) is 13.7. The zero-order chi connectivity index (χ0) is 17.7. The molecule has 0 bridgehead atoms. The molecule has 1 aliphatic rings. The Hall–Kier alpha value is -1.03. The van der Waals surface area contributed by atoms with Crippen LogP contribution in [0.4, 0.5) is 13.2 Å². The van der Waals surface area contributed by atoms with Gasteiger partial charge in [-0.25, -0.2) is 0 Å². The predicted octanol–water partition coefficient (Wildman–Crippen LogP) is 1.94. The van der Waals surface area contributed by atoms with Gasteiger partial charge in [-0.3, -0.25) is 9.69 Å². The summed E-state index contributed by atoms with van der Waals surface area (Å²) < 4.78 is 44.4. The number of carbonyl (C=O) groups excluding carboxylic acids is 1. The van der Waals surface area contributed by atoms with Gasteiger partial charge in [0.2, 0.25) is 11.1 Å². The molecule has 2 heterocycles. The number of alkyl halides is 3. The highest BCUT2D eigenvalue weighted by Crippen LogP contribution is 2.25. The zero-order valence-corrected chi connectivity index (χ0v) is 15.2. The lowest BCUT2D eigenvalue weighted by molar-refractivity contribution is -0.184. The number of aromatic nitrogens is 1. The maximum absolute atomic E-state index is 13.2. The molecular weight excluding hydrogens is 384 g/mol. The molecule has 1 atom stereocenters. The van der Waals surface area contributed by atoms with Crippen LogP contribution in [0.2, 0.25) is 5.22 Å². The van der Waals surface area contributed by atoms with Gasteiger partial charge < -0.3 is 15.2 Å². The molecule has 1 amide bonds. The maximum Gasteiger partial charge on any atom is 0.405 e. The minimum atomic E-state index is -4.39. The number of nitrogens with one attached hydrogen (secondary N) is 2. The van der Waals surface area contributed by atoms with Crippen LogP contribution in [0.5, 0.6) is 0 Å². The molecule has 1 aromatic rings. The summed E-state index contributed by atoms with van der Waals surface area (Å²) in [5, 5.41) is 9.15. The molecule has 1 aromatic heterocycles. The maximum atomic E-state index is 13.2. The Morgan fingerprint density at radius 2 is 2.08 bits per heavy atom. The van der Waals surface area contributed by atoms with Gasteiger partial charge in [-0.05, 0) is 24.9 Å². The first kappa shape index (κ1) is 22.0. The quantitative estimate of drug-likeness (QED) is 0.757. The molecule has 1 saturated heterocycles. The van der Waals surface area contributed by atoms with E-state index in [1.165, 1.54) is 4.90 Å². The fraction of sp³-hybridized carbons (Fsp3) is 0.714. The first-order valence-corrected chi connectivity index (χ1v) is 8.05. The van der Waals surface area contributed by atoms with Gasteiger partial charge in [-0.15, -0.1) is 12.4 Å². The van der Waals surface area contributed by atoms with Crippen molar-refractivity contribution >= 4 is 29.9 Å². The van der Waals surface area contributed by atoms with E-state index in [1.807, 2.05) is 0 Å². The lowest BCUT2D eigenvalue weighted by Gasteiger charge is -2.35. The number of piperazine rings is 1. The number of halogens is 5. The molecule has 0 saturated carbocycles. The van der Waals surface area contributed by atoms with Crippen molar-refractivity contribution in [2.24, 2.45) is 0 Å². The van der Waals surface area contributed by atoms with Crippen LogP contribution in [0.25, 0.3) is 0 Å². The summed E-state index contributed by atoms with van der Waals surface area (Å²) >= 11 is 5.80. The molecule has 11 heteroatoms.